The summed E-state index contributed by atoms with van der Waals surface area (Å²) >= 11 is 0. The van der Waals surface area contributed by atoms with E-state index in [4.69, 9.17) is 4.74 Å². The highest BCUT2D eigenvalue weighted by atomic mass is 16.5. The maximum atomic E-state index is 11.6. The van der Waals surface area contributed by atoms with Gasteiger partial charge in [0.05, 0.1) is 13.2 Å². The number of aliphatic hydroxyl groups excluding tert-OH is 1. The first-order valence-corrected chi connectivity index (χ1v) is 6.06. The highest BCUT2D eigenvalue weighted by molar-refractivity contribution is 5.75. The van der Waals surface area contributed by atoms with E-state index in [9.17, 15) is 9.90 Å². The summed E-state index contributed by atoms with van der Waals surface area (Å²) in [6.07, 6.45) is 3.21. The monoisotopic (exact) mass is 229 g/mol. The van der Waals surface area contributed by atoms with E-state index in [0.717, 1.165) is 25.7 Å². The van der Waals surface area contributed by atoms with Gasteiger partial charge in [-0.2, -0.15) is 0 Å². The molecule has 4 nitrogen and oxygen atoms in total. The zero-order valence-corrected chi connectivity index (χ0v) is 10.4. The standard InChI is InChI=1S/C12H23NO3/c1-8(2)7-10(12(15)16-3)13-9-5-4-6-11(9)14/h8-11,13-14H,4-7H2,1-3H3/t9-,10?,11-/m1/s1. The van der Waals surface area contributed by atoms with Crippen molar-refractivity contribution >= 4 is 5.97 Å². The van der Waals surface area contributed by atoms with E-state index in [1.165, 1.54) is 7.11 Å². The van der Waals surface area contributed by atoms with Crippen LogP contribution in [0.4, 0.5) is 0 Å². The van der Waals surface area contributed by atoms with Gasteiger partial charge in [-0.1, -0.05) is 13.8 Å². The fourth-order valence-corrected chi connectivity index (χ4v) is 2.24. The van der Waals surface area contributed by atoms with Gasteiger partial charge in [0, 0.05) is 6.04 Å². The zero-order valence-electron chi connectivity index (χ0n) is 10.4. The molecule has 1 rings (SSSR count). The molecule has 1 aliphatic rings. The molecule has 0 heterocycles. The van der Waals surface area contributed by atoms with Crippen molar-refractivity contribution in [3.63, 3.8) is 0 Å². The third-order valence-corrected chi connectivity index (χ3v) is 3.09. The number of esters is 1. The molecule has 0 radical (unpaired) electrons. The summed E-state index contributed by atoms with van der Waals surface area (Å²) in [4.78, 5) is 11.6. The van der Waals surface area contributed by atoms with E-state index in [1.54, 1.807) is 0 Å². The third kappa shape index (κ3) is 3.76. The third-order valence-electron chi connectivity index (χ3n) is 3.09. The van der Waals surface area contributed by atoms with Gasteiger partial charge >= 0.3 is 5.97 Å². The largest absolute Gasteiger partial charge is 0.468 e. The Hall–Kier alpha value is -0.610. The summed E-state index contributed by atoms with van der Waals surface area (Å²) in [5.74, 6) is 0.197. The molecule has 16 heavy (non-hydrogen) atoms. The number of nitrogens with one attached hydrogen (secondary N) is 1. The average Bonchev–Trinajstić information content (AvgIpc) is 2.61. The zero-order chi connectivity index (χ0) is 12.1. The van der Waals surface area contributed by atoms with Crippen molar-refractivity contribution in [2.24, 2.45) is 5.92 Å². The van der Waals surface area contributed by atoms with E-state index in [-0.39, 0.29) is 24.2 Å². The van der Waals surface area contributed by atoms with Crippen molar-refractivity contribution in [1.29, 1.82) is 0 Å². The van der Waals surface area contributed by atoms with E-state index < -0.39 is 0 Å². The lowest BCUT2D eigenvalue weighted by atomic mass is 10.0. The van der Waals surface area contributed by atoms with Crippen molar-refractivity contribution in [2.75, 3.05) is 7.11 Å². The molecule has 0 saturated heterocycles. The molecule has 94 valence electrons. The Morgan fingerprint density at radius 1 is 1.50 bits per heavy atom. The lowest BCUT2D eigenvalue weighted by Gasteiger charge is -2.24. The number of hydrogen-bond donors (Lipinski definition) is 2. The van der Waals surface area contributed by atoms with Gasteiger partial charge in [-0.25, -0.2) is 0 Å². The van der Waals surface area contributed by atoms with E-state index in [0.29, 0.717) is 5.92 Å². The molecule has 0 aromatic heterocycles. The molecule has 1 fully saturated rings. The van der Waals surface area contributed by atoms with Crippen LogP contribution in [-0.2, 0) is 9.53 Å². The van der Waals surface area contributed by atoms with Crippen LogP contribution in [0.25, 0.3) is 0 Å². The number of aliphatic hydroxyl groups is 1. The van der Waals surface area contributed by atoms with Crippen LogP contribution < -0.4 is 5.32 Å². The van der Waals surface area contributed by atoms with Gasteiger partial charge in [-0.15, -0.1) is 0 Å². The van der Waals surface area contributed by atoms with Crippen LogP contribution in [0.1, 0.15) is 39.5 Å². The van der Waals surface area contributed by atoms with Crippen molar-refractivity contribution in [1.82, 2.24) is 5.32 Å². The van der Waals surface area contributed by atoms with Gasteiger partial charge in [0.15, 0.2) is 0 Å². The topological polar surface area (TPSA) is 58.6 Å². The van der Waals surface area contributed by atoms with E-state index >= 15 is 0 Å². The Labute approximate surface area is 97.4 Å². The SMILES string of the molecule is COC(=O)C(CC(C)C)N[C@@H]1CCC[C@H]1O. The van der Waals surface area contributed by atoms with Gasteiger partial charge in [0.2, 0.25) is 0 Å². The molecule has 1 unspecified atom stereocenters. The Kier molecular flexibility index (Phi) is 5.22. The van der Waals surface area contributed by atoms with Gasteiger partial charge in [-0.3, -0.25) is 10.1 Å². The Balaban J connectivity index is 2.52. The molecule has 0 aliphatic heterocycles. The predicted octanol–water partition coefficient (Wildman–Crippen LogP) is 1.08. The van der Waals surface area contributed by atoms with Gasteiger partial charge in [0.25, 0.3) is 0 Å². The quantitative estimate of drug-likeness (QED) is 0.693. The maximum absolute atomic E-state index is 11.6. The lowest BCUT2D eigenvalue weighted by molar-refractivity contribution is -0.144. The first-order chi connectivity index (χ1) is 7.54. The van der Waals surface area contributed by atoms with Crippen molar-refractivity contribution in [2.45, 2.75) is 57.7 Å². The summed E-state index contributed by atoms with van der Waals surface area (Å²) in [5, 5.41) is 12.9. The Bertz CT molecular complexity index is 230. The number of carbonyl (C=O) groups excluding carboxylic acids is 1. The summed E-state index contributed by atoms with van der Waals surface area (Å²) in [7, 11) is 1.41. The predicted molar refractivity (Wildman–Crippen MR) is 62.0 cm³/mol. The Morgan fingerprint density at radius 2 is 2.19 bits per heavy atom. The Morgan fingerprint density at radius 3 is 2.62 bits per heavy atom. The summed E-state index contributed by atoms with van der Waals surface area (Å²) in [6.45, 7) is 4.14. The van der Waals surface area contributed by atoms with Crippen LogP contribution >= 0.6 is 0 Å². The second kappa shape index (κ2) is 6.21. The minimum atomic E-state index is -0.320. The first kappa shape index (κ1) is 13.5. The van der Waals surface area contributed by atoms with Crippen molar-refractivity contribution in [3.8, 4) is 0 Å². The fourth-order valence-electron chi connectivity index (χ4n) is 2.24. The van der Waals surface area contributed by atoms with Gasteiger partial charge in [0.1, 0.15) is 6.04 Å². The normalized spacial score (nSPS) is 27.1. The van der Waals surface area contributed by atoms with E-state index in [1.807, 2.05) is 0 Å². The minimum Gasteiger partial charge on any atom is -0.468 e. The van der Waals surface area contributed by atoms with Crippen LogP contribution in [0.3, 0.4) is 0 Å². The highest BCUT2D eigenvalue weighted by Gasteiger charge is 2.30. The second-order valence-corrected chi connectivity index (χ2v) is 4.98. The number of carbonyl (C=O) groups is 1. The minimum absolute atomic E-state index is 0.0443. The van der Waals surface area contributed by atoms with Gasteiger partial charge < -0.3 is 9.84 Å². The molecule has 1 saturated carbocycles. The lowest BCUT2D eigenvalue weighted by Crippen LogP contribution is -2.47. The second-order valence-electron chi connectivity index (χ2n) is 4.98. The molecular formula is C12H23NO3. The van der Waals surface area contributed by atoms with E-state index in [2.05, 4.69) is 19.2 Å². The van der Waals surface area contributed by atoms with Crippen molar-refractivity contribution in [3.05, 3.63) is 0 Å². The molecule has 0 aromatic carbocycles. The number of hydrogen-bond acceptors (Lipinski definition) is 4. The van der Waals surface area contributed by atoms with Crippen LogP contribution in [0, 0.1) is 5.92 Å². The van der Waals surface area contributed by atoms with Crippen LogP contribution in [0.2, 0.25) is 0 Å². The first-order valence-electron chi connectivity index (χ1n) is 6.06. The number of ether oxygens (including phenoxy) is 1. The maximum Gasteiger partial charge on any atom is 0.322 e. The molecule has 1 aliphatic carbocycles. The molecule has 3 atom stereocenters. The highest BCUT2D eigenvalue weighted by Crippen LogP contribution is 2.20. The summed E-state index contributed by atoms with van der Waals surface area (Å²) in [6, 6.07) is -0.245. The molecule has 2 N–H and O–H groups in total. The fraction of sp³-hybridized carbons (Fsp3) is 0.917. The molecule has 4 heteroatoms. The van der Waals surface area contributed by atoms with Crippen LogP contribution in [0.5, 0.6) is 0 Å². The molecule has 0 amide bonds. The van der Waals surface area contributed by atoms with Crippen LogP contribution in [-0.4, -0.2) is 36.4 Å². The molecule has 0 aromatic rings. The number of methoxy groups -OCH3 is 1. The smallest absolute Gasteiger partial charge is 0.322 e. The summed E-state index contributed by atoms with van der Waals surface area (Å²) in [5.41, 5.74) is 0. The molecule has 0 spiro atoms. The van der Waals surface area contributed by atoms with Crippen molar-refractivity contribution < 1.29 is 14.6 Å². The molecule has 0 bridgehead atoms. The number of rotatable bonds is 5. The van der Waals surface area contributed by atoms with Crippen LogP contribution in [0.15, 0.2) is 0 Å². The van der Waals surface area contributed by atoms with Gasteiger partial charge in [-0.05, 0) is 31.6 Å². The average molecular weight is 229 g/mol. The summed E-state index contributed by atoms with van der Waals surface area (Å²) < 4.78 is 4.78. The molecular weight excluding hydrogens is 206 g/mol.